The number of carbonyl (C=O) groups is 2. The van der Waals surface area contributed by atoms with E-state index >= 15 is 0 Å². The lowest BCUT2D eigenvalue weighted by atomic mass is 9.90. The summed E-state index contributed by atoms with van der Waals surface area (Å²) in [4.78, 5) is 24.4. The van der Waals surface area contributed by atoms with Gasteiger partial charge in [-0.05, 0) is 38.0 Å². The van der Waals surface area contributed by atoms with E-state index in [2.05, 4.69) is 5.32 Å². The van der Waals surface area contributed by atoms with Gasteiger partial charge in [-0.25, -0.2) is 13.2 Å². The summed E-state index contributed by atoms with van der Waals surface area (Å²) in [5.41, 5.74) is -1.29. The summed E-state index contributed by atoms with van der Waals surface area (Å²) in [5, 5.41) is 11.8. The number of halogens is 1. The molecule has 0 spiro atoms. The minimum absolute atomic E-state index is 0.000878. The van der Waals surface area contributed by atoms with E-state index in [0.717, 1.165) is 12.3 Å². The van der Waals surface area contributed by atoms with Crippen LogP contribution in [0.5, 0.6) is 0 Å². The fraction of sp³-hybridized carbons (Fsp3) is 0.471. The summed E-state index contributed by atoms with van der Waals surface area (Å²) in [7, 11) is -3.54. The summed E-state index contributed by atoms with van der Waals surface area (Å²) >= 11 is 5.94. The van der Waals surface area contributed by atoms with Gasteiger partial charge in [-0.1, -0.05) is 25.4 Å². The van der Waals surface area contributed by atoms with Gasteiger partial charge in [-0.15, -0.1) is 0 Å². The number of hydrogen-bond acceptors (Lipinski definition) is 6. The standard InChI is InChI=1S/C17H21ClN2O5S/c1-10(2)17(4,9-19)20-15(21)11(3)25-16(22)13-8-12(26(5,23)24)6-7-14(13)18/h6-8,10-11H,1-5H3,(H,20,21)/t11-,17-/m1/s1. The molecule has 0 saturated carbocycles. The number of nitrogens with one attached hydrogen (secondary N) is 1. The molecule has 0 radical (unpaired) electrons. The number of ether oxygens (including phenoxy) is 1. The minimum atomic E-state index is -3.54. The molecular weight excluding hydrogens is 380 g/mol. The van der Waals surface area contributed by atoms with Gasteiger partial charge < -0.3 is 10.1 Å². The monoisotopic (exact) mass is 400 g/mol. The van der Waals surface area contributed by atoms with Crippen LogP contribution in [0.1, 0.15) is 38.1 Å². The molecule has 0 aromatic heterocycles. The van der Waals surface area contributed by atoms with E-state index in [4.69, 9.17) is 16.3 Å². The van der Waals surface area contributed by atoms with Crippen molar-refractivity contribution in [3.63, 3.8) is 0 Å². The predicted octanol–water partition coefficient (Wildman–Crippen LogP) is 2.34. The van der Waals surface area contributed by atoms with Gasteiger partial charge in [-0.2, -0.15) is 5.26 Å². The molecule has 0 aliphatic heterocycles. The van der Waals surface area contributed by atoms with Crippen LogP contribution in [0, 0.1) is 17.2 Å². The Bertz CT molecular complexity index is 860. The molecule has 1 rings (SSSR count). The number of sulfone groups is 1. The Labute approximate surface area is 158 Å². The van der Waals surface area contributed by atoms with Gasteiger partial charge in [0.25, 0.3) is 5.91 Å². The first kappa shape index (κ1) is 21.9. The highest BCUT2D eigenvalue weighted by Gasteiger charge is 2.33. The first-order valence-electron chi connectivity index (χ1n) is 7.75. The number of hydrogen-bond donors (Lipinski definition) is 1. The van der Waals surface area contributed by atoms with Gasteiger partial charge in [0.15, 0.2) is 15.9 Å². The van der Waals surface area contributed by atoms with Crippen molar-refractivity contribution in [1.29, 1.82) is 5.26 Å². The van der Waals surface area contributed by atoms with Crippen molar-refractivity contribution in [2.75, 3.05) is 6.26 Å². The van der Waals surface area contributed by atoms with Crippen molar-refractivity contribution < 1.29 is 22.7 Å². The number of amides is 1. The van der Waals surface area contributed by atoms with Crippen molar-refractivity contribution in [3.8, 4) is 6.07 Å². The average Bonchev–Trinajstić information content (AvgIpc) is 2.53. The second-order valence-electron chi connectivity index (χ2n) is 6.42. The Hall–Kier alpha value is -2.11. The van der Waals surface area contributed by atoms with E-state index < -0.39 is 33.4 Å². The molecule has 0 saturated heterocycles. The minimum Gasteiger partial charge on any atom is -0.449 e. The second-order valence-corrected chi connectivity index (χ2v) is 8.84. The molecule has 0 unspecified atom stereocenters. The molecule has 9 heteroatoms. The van der Waals surface area contributed by atoms with E-state index in [9.17, 15) is 23.3 Å². The van der Waals surface area contributed by atoms with Crippen molar-refractivity contribution in [3.05, 3.63) is 28.8 Å². The third-order valence-corrected chi connectivity index (χ3v) is 5.45. The number of rotatable bonds is 6. The Morgan fingerprint density at radius 1 is 1.31 bits per heavy atom. The summed E-state index contributed by atoms with van der Waals surface area (Å²) in [5.74, 6) is -1.75. The van der Waals surface area contributed by atoms with Crippen LogP contribution in [0.15, 0.2) is 23.1 Å². The molecule has 0 heterocycles. The van der Waals surface area contributed by atoms with Crippen molar-refractivity contribution in [2.45, 2.75) is 44.2 Å². The highest BCUT2D eigenvalue weighted by Crippen LogP contribution is 2.22. The van der Waals surface area contributed by atoms with Crippen LogP contribution in [0.2, 0.25) is 5.02 Å². The zero-order chi connectivity index (χ0) is 20.3. The molecule has 1 amide bonds. The summed E-state index contributed by atoms with van der Waals surface area (Å²) in [6, 6.07) is 5.66. The maximum atomic E-state index is 12.3. The molecular formula is C17H21ClN2O5S. The molecule has 1 aromatic rings. The van der Waals surface area contributed by atoms with Crippen LogP contribution in [0.3, 0.4) is 0 Å². The lowest BCUT2D eigenvalue weighted by Gasteiger charge is -2.28. The van der Waals surface area contributed by atoms with Crippen LogP contribution in [0.25, 0.3) is 0 Å². The molecule has 142 valence electrons. The van der Waals surface area contributed by atoms with Gasteiger partial charge in [0, 0.05) is 6.26 Å². The highest BCUT2D eigenvalue weighted by atomic mass is 35.5. The van der Waals surface area contributed by atoms with E-state index in [1.807, 2.05) is 6.07 Å². The van der Waals surface area contributed by atoms with Gasteiger partial charge in [-0.3, -0.25) is 4.79 Å². The quantitative estimate of drug-likeness (QED) is 0.733. The van der Waals surface area contributed by atoms with E-state index in [0.29, 0.717) is 0 Å². The van der Waals surface area contributed by atoms with Gasteiger partial charge in [0.2, 0.25) is 0 Å². The van der Waals surface area contributed by atoms with E-state index in [1.54, 1.807) is 20.8 Å². The topological polar surface area (TPSA) is 113 Å². The van der Waals surface area contributed by atoms with Gasteiger partial charge in [0.1, 0.15) is 5.54 Å². The summed E-state index contributed by atoms with van der Waals surface area (Å²) < 4.78 is 28.3. The maximum Gasteiger partial charge on any atom is 0.340 e. The molecule has 0 aliphatic rings. The predicted molar refractivity (Wildman–Crippen MR) is 96.4 cm³/mol. The fourth-order valence-electron chi connectivity index (χ4n) is 1.83. The zero-order valence-electron chi connectivity index (χ0n) is 15.2. The third-order valence-electron chi connectivity index (χ3n) is 4.01. The second kappa shape index (κ2) is 8.06. The first-order valence-corrected chi connectivity index (χ1v) is 10.0. The van der Waals surface area contributed by atoms with Crippen LogP contribution < -0.4 is 5.32 Å². The molecule has 7 nitrogen and oxygen atoms in total. The number of nitrogens with zero attached hydrogens (tertiary/aromatic N) is 1. The average molecular weight is 401 g/mol. The summed E-state index contributed by atoms with van der Waals surface area (Å²) in [6.07, 6.45) is -0.206. The lowest BCUT2D eigenvalue weighted by Crippen LogP contribution is -2.52. The van der Waals surface area contributed by atoms with Crippen LogP contribution in [0.4, 0.5) is 0 Å². The third kappa shape index (κ3) is 5.19. The molecule has 2 atom stereocenters. The molecule has 0 bridgehead atoms. The Kier molecular flexibility index (Phi) is 6.80. The molecule has 26 heavy (non-hydrogen) atoms. The Balaban J connectivity index is 2.98. The van der Waals surface area contributed by atoms with E-state index in [-0.39, 0.29) is 21.4 Å². The zero-order valence-corrected chi connectivity index (χ0v) is 16.7. The van der Waals surface area contributed by atoms with Crippen molar-refractivity contribution in [2.24, 2.45) is 5.92 Å². The van der Waals surface area contributed by atoms with Gasteiger partial charge >= 0.3 is 5.97 Å². The van der Waals surface area contributed by atoms with Crippen LogP contribution in [-0.2, 0) is 19.4 Å². The van der Waals surface area contributed by atoms with Crippen LogP contribution in [-0.4, -0.2) is 38.2 Å². The lowest BCUT2D eigenvalue weighted by molar-refractivity contribution is -0.130. The molecule has 1 N–H and O–H groups in total. The van der Waals surface area contributed by atoms with Crippen molar-refractivity contribution in [1.82, 2.24) is 5.32 Å². The fourth-order valence-corrected chi connectivity index (χ4v) is 2.67. The Morgan fingerprint density at radius 2 is 1.88 bits per heavy atom. The smallest absolute Gasteiger partial charge is 0.340 e. The first-order chi connectivity index (χ1) is 11.8. The normalized spacial score (nSPS) is 14.8. The molecule has 0 fully saturated rings. The van der Waals surface area contributed by atoms with E-state index in [1.165, 1.54) is 19.1 Å². The Morgan fingerprint density at radius 3 is 2.35 bits per heavy atom. The van der Waals surface area contributed by atoms with Gasteiger partial charge in [0.05, 0.1) is 21.6 Å². The number of esters is 1. The van der Waals surface area contributed by atoms with Crippen LogP contribution >= 0.6 is 11.6 Å². The van der Waals surface area contributed by atoms with Crippen molar-refractivity contribution >= 4 is 33.3 Å². The highest BCUT2D eigenvalue weighted by molar-refractivity contribution is 7.90. The number of nitriles is 1. The molecule has 0 aliphatic carbocycles. The molecule has 1 aromatic carbocycles. The maximum absolute atomic E-state index is 12.3. The summed E-state index contributed by atoms with van der Waals surface area (Å²) in [6.45, 7) is 6.46. The SMILES string of the molecule is CC(C)[C@@](C)(C#N)NC(=O)[C@@H](C)OC(=O)c1cc(S(C)(=O)=O)ccc1Cl. The number of benzene rings is 1. The largest absolute Gasteiger partial charge is 0.449 e. The number of carbonyl (C=O) groups excluding carboxylic acids is 2.